The van der Waals surface area contributed by atoms with Crippen LogP contribution in [0.15, 0.2) is 0 Å². The van der Waals surface area contributed by atoms with Gasteiger partial charge in [0.15, 0.2) is 0 Å². The molecule has 0 saturated carbocycles. The third kappa shape index (κ3) is 5.14. The normalized spacial score (nSPS) is 11.3. The zero-order valence-corrected chi connectivity index (χ0v) is 7.81. The summed E-state index contributed by atoms with van der Waals surface area (Å²) in [6, 6.07) is 0. The van der Waals surface area contributed by atoms with Gasteiger partial charge in [0.1, 0.15) is 0 Å². The van der Waals surface area contributed by atoms with Crippen LogP contribution in [-0.4, -0.2) is 38.9 Å². The average Bonchev–Trinajstić information content (AvgIpc) is 1.84. The summed E-state index contributed by atoms with van der Waals surface area (Å²) in [6.45, 7) is 2.10. The summed E-state index contributed by atoms with van der Waals surface area (Å²) in [4.78, 5) is 0. The van der Waals surface area contributed by atoms with Crippen LogP contribution in [0.5, 0.6) is 0 Å². The number of nitrogens with zero attached hydrogens (tertiary/aromatic N) is 1. The molecule has 0 aromatic heterocycles. The molecule has 0 unspecified atom stereocenters. The lowest BCUT2D eigenvalue weighted by Crippen LogP contribution is -2.24. The molecule has 0 aliphatic rings. The molecule has 0 fully saturated rings. The molecule has 0 spiro atoms. The largest absolute Gasteiger partial charge is 0.412 e. The summed E-state index contributed by atoms with van der Waals surface area (Å²) in [7, 11) is -0.556. The second kappa shape index (κ2) is 5.48. The van der Waals surface area contributed by atoms with Gasteiger partial charge in [0.05, 0.1) is 6.61 Å². The topological polar surface area (TPSA) is 78.1 Å². The molecule has 0 radical (unpaired) electrons. The highest BCUT2D eigenvalue weighted by molar-refractivity contribution is 7.84. The Morgan fingerprint density at radius 3 is 2.09 bits per heavy atom. The van der Waals surface area contributed by atoms with E-state index in [1.807, 2.05) is 6.92 Å². The molecule has 0 aliphatic heterocycles. The average molecular weight is 185 g/mol. The predicted octanol–water partition coefficient (Wildman–Crippen LogP) is -0.605. The minimum absolute atomic E-state index is 0. The maximum Gasteiger partial charge on any atom is 0.337 e. The van der Waals surface area contributed by atoms with Crippen LogP contribution in [0, 0.1) is 0 Å². The summed E-state index contributed by atoms with van der Waals surface area (Å²) in [6.07, 6.45) is 0.701. The molecule has 6 heteroatoms. The van der Waals surface area contributed by atoms with Gasteiger partial charge in [0, 0.05) is 14.1 Å². The van der Waals surface area contributed by atoms with Gasteiger partial charge in [-0.3, -0.25) is 4.18 Å². The zero-order valence-electron chi connectivity index (χ0n) is 6.99. The van der Waals surface area contributed by atoms with Crippen molar-refractivity contribution in [2.45, 2.75) is 13.3 Å². The molecule has 0 atom stereocenters. The molecule has 11 heavy (non-hydrogen) atoms. The summed E-state index contributed by atoms with van der Waals surface area (Å²) < 4.78 is 27.2. The Morgan fingerprint density at radius 1 is 1.36 bits per heavy atom. The Morgan fingerprint density at radius 2 is 1.82 bits per heavy atom. The van der Waals surface area contributed by atoms with Crippen LogP contribution in [-0.2, 0) is 14.5 Å². The first-order valence-corrected chi connectivity index (χ1v) is 4.44. The van der Waals surface area contributed by atoms with Crippen molar-refractivity contribution < 1.29 is 18.1 Å². The Labute approximate surface area is 67.5 Å². The van der Waals surface area contributed by atoms with Gasteiger partial charge < -0.3 is 5.48 Å². The van der Waals surface area contributed by atoms with Crippen molar-refractivity contribution in [3.63, 3.8) is 0 Å². The van der Waals surface area contributed by atoms with Crippen molar-refractivity contribution in [1.82, 2.24) is 4.31 Å². The van der Waals surface area contributed by atoms with Crippen molar-refractivity contribution in [1.29, 1.82) is 0 Å². The van der Waals surface area contributed by atoms with E-state index in [0.29, 0.717) is 6.42 Å². The van der Waals surface area contributed by atoms with Crippen LogP contribution in [0.3, 0.4) is 0 Å². The lowest BCUT2D eigenvalue weighted by molar-refractivity contribution is 0.288. The van der Waals surface area contributed by atoms with Gasteiger partial charge in [-0.15, -0.1) is 0 Å². The maximum atomic E-state index is 10.8. The smallest absolute Gasteiger partial charge is 0.337 e. The molecular weight excluding hydrogens is 170 g/mol. The monoisotopic (exact) mass is 185 g/mol. The SMILES string of the molecule is CCCOS(=O)(=O)N(C)C.O. The highest BCUT2D eigenvalue weighted by Crippen LogP contribution is 1.96. The first-order valence-electron chi connectivity index (χ1n) is 3.07. The van der Waals surface area contributed by atoms with Gasteiger partial charge in [-0.05, 0) is 6.42 Å². The quantitative estimate of drug-likeness (QED) is 0.586. The van der Waals surface area contributed by atoms with E-state index in [1.165, 1.54) is 14.1 Å². The lowest BCUT2D eigenvalue weighted by Gasteiger charge is -2.09. The highest BCUT2D eigenvalue weighted by atomic mass is 32.2. The van der Waals surface area contributed by atoms with Gasteiger partial charge in [0.25, 0.3) is 0 Å². The van der Waals surface area contributed by atoms with E-state index < -0.39 is 10.3 Å². The molecule has 0 rings (SSSR count). The molecule has 5 nitrogen and oxygen atoms in total. The lowest BCUT2D eigenvalue weighted by atomic mass is 10.5. The van der Waals surface area contributed by atoms with E-state index >= 15 is 0 Å². The summed E-state index contributed by atoms with van der Waals surface area (Å²) in [5, 5.41) is 0. The summed E-state index contributed by atoms with van der Waals surface area (Å²) >= 11 is 0. The molecule has 0 aromatic carbocycles. The Hall–Kier alpha value is -0.170. The van der Waals surface area contributed by atoms with Crippen molar-refractivity contribution >= 4 is 10.3 Å². The number of hydrogen-bond donors (Lipinski definition) is 0. The fourth-order valence-corrected chi connectivity index (χ4v) is 0.882. The van der Waals surface area contributed by atoms with Crippen LogP contribution in [0.2, 0.25) is 0 Å². The molecule has 0 heterocycles. The van der Waals surface area contributed by atoms with E-state index in [0.717, 1.165) is 4.31 Å². The molecule has 0 amide bonds. The van der Waals surface area contributed by atoms with Crippen molar-refractivity contribution in [2.75, 3.05) is 20.7 Å². The molecular formula is C5H15NO4S. The first kappa shape index (κ1) is 13.4. The van der Waals surface area contributed by atoms with Gasteiger partial charge in [-0.2, -0.15) is 12.7 Å². The van der Waals surface area contributed by atoms with Crippen LogP contribution >= 0.6 is 0 Å². The maximum absolute atomic E-state index is 10.8. The zero-order chi connectivity index (χ0) is 8.20. The van der Waals surface area contributed by atoms with Gasteiger partial charge in [0.2, 0.25) is 0 Å². The van der Waals surface area contributed by atoms with Crippen LogP contribution < -0.4 is 0 Å². The molecule has 0 saturated heterocycles. The van der Waals surface area contributed by atoms with Gasteiger partial charge in [-0.1, -0.05) is 6.92 Å². The number of hydrogen-bond acceptors (Lipinski definition) is 3. The third-order valence-corrected chi connectivity index (χ3v) is 2.24. The molecule has 0 aromatic rings. The number of rotatable bonds is 4. The fourth-order valence-electron chi connectivity index (χ4n) is 0.294. The minimum atomic E-state index is -3.43. The van der Waals surface area contributed by atoms with Crippen molar-refractivity contribution in [2.24, 2.45) is 0 Å². The molecule has 2 N–H and O–H groups in total. The summed E-state index contributed by atoms with van der Waals surface area (Å²) in [5.74, 6) is 0. The second-order valence-corrected chi connectivity index (χ2v) is 3.88. The van der Waals surface area contributed by atoms with E-state index in [2.05, 4.69) is 4.18 Å². The van der Waals surface area contributed by atoms with E-state index in [1.54, 1.807) is 0 Å². The fraction of sp³-hybridized carbons (Fsp3) is 1.00. The predicted molar refractivity (Wildman–Crippen MR) is 42.5 cm³/mol. The Balaban J connectivity index is 0. The molecule has 0 aliphatic carbocycles. The molecule has 0 bridgehead atoms. The highest BCUT2D eigenvalue weighted by Gasteiger charge is 2.12. The standard InChI is InChI=1S/C5H13NO3S.H2O/c1-4-5-9-10(7,8)6(2)3;/h4-5H2,1-3H3;1H2. The van der Waals surface area contributed by atoms with Crippen LogP contribution in [0.1, 0.15) is 13.3 Å². The first-order chi connectivity index (χ1) is 4.50. The van der Waals surface area contributed by atoms with E-state index in [4.69, 9.17) is 0 Å². The minimum Gasteiger partial charge on any atom is -0.412 e. The third-order valence-electron chi connectivity index (χ3n) is 0.884. The Bertz CT molecular complexity index is 175. The van der Waals surface area contributed by atoms with Crippen molar-refractivity contribution in [3.05, 3.63) is 0 Å². The van der Waals surface area contributed by atoms with E-state index in [-0.39, 0.29) is 12.1 Å². The summed E-state index contributed by atoms with van der Waals surface area (Å²) in [5.41, 5.74) is 0. The van der Waals surface area contributed by atoms with E-state index in [9.17, 15) is 8.42 Å². The van der Waals surface area contributed by atoms with Gasteiger partial charge >= 0.3 is 10.3 Å². The Kier molecular flexibility index (Phi) is 6.68. The van der Waals surface area contributed by atoms with Crippen LogP contribution in [0.25, 0.3) is 0 Å². The van der Waals surface area contributed by atoms with Crippen LogP contribution in [0.4, 0.5) is 0 Å². The second-order valence-electron chi connectivity index (χ2n) is 2.06. The van der Waals surface area contributed by atoms with Gasteiger partial charge in [-0.25, -0.2) is 0 Å². The molecule has 70 valence electrons. The van der Waals surface area contributed by atoms with Crippen molar-refractivity contribution in [3.8, 4) is 0 Å².